The maximum Gasteiger partial charge on any atom is 0.390 e. The van der Waals surface area contributed by atoms with Crippen LogP contribution in [0.3, 0.4) is 0 Å². The predicted octanol–water partition coefficient (Wildman–Crippen LogP) is 2.24. The highest BCUT2D eigenvalue weighted by atomic mass is 19.4. The van der Waals surface area contributed by atoms with E-state index in [1.165, 1.54) is 0 Å². The summed E-state index contributed by atoms with van der Waals surface area (Å²) in [5, 5.41) is 0. The summed E-state index contributed by atoms with van der Waals surface area (Å²) in [6, 6.07) is 0. The molecule has 1 unspecified atom stereocenters. The fourth-order valence-corrected chi connectivity index (χ4v) is 1.83. The topological polar surface area (TPSA) is 20.3 Å². The second-order valence-corrected chi connectivity index (χ2v) is 4.03. The van der Waals surface area contributed by atoms with E-state index in [9.17, 15) is 18.0 Å². The van der Waals surface area contributed by atoms with Gasteiger partial charge in [-0.05, 0) is 32.4 Å². The summed E-state index contributed by atoms with van der Waals surface area (Å²) in [6.07, 6.45) is -1.57. The van der Waals surface area contributed by atoms with Crippen LogP contribution in [0.25, 0.3) is 0 Å². The lowest BCUT2D eigenvalue weighted by atomic mass is 10.0. The van der Waals surface area contributed by atoms with E-state index >= 15 is 0 Å². The molecule has 1 aliphatic heterocycles. The van der Waals surface area contributed by atoms with Gasteiger partial charge in [-0.2, -0.15) is 13.2 Å². The van der Waals surface area contributed by atoms with Gasteiger partial charge in [-0.1, -0.05) is 0 Å². The fraction of sp³-hybridized carbons (Fsp3) is 0.900. The molecule has 0 N–H and O–H groups in total. The number of aldehydes is 1. The number of halogens is 3. The van der Waals surface area contributed by atoms with Gasteiger partial charge in [0.2, 0.25) is 0 Å². The third-order valence-corrected chi connectivity index (χ3v) is 2.77. The normalized spacial score (nSPS) is 24.9. The molecule has 1 fully saturated rings. The lowest BCUT2D eigenvalue weighted by molar-refractivity contribution is -0.138. The molecular weight excluding hydrogens is 207 g/mol. The van der Waals surface area contributed by atoms with Crippen LogP contribution in [0.5, 0.6) is 0 Å². The molecule has 0 aliphatic carbocycles. The monoisotopic (exact) mass is 223 g/mol. The Bertz CT molecular complexity index is 205. The molecule has 1 atom stereocenters. The number of carbonyl (C=O) groups excluding carboxylic acids is 1. The van der Waals surface area contributed by atoms with Crippen molar-refractivity contribution in [1.29, 1.82) is 0 Å². The molecule has 0 bridgehead atoms. The van der Waals surface area contributed by atoms with Crippen LogP contribution in [-0.4, -0.2) is 37.0 Å². The van der Waals surface area contributed by atoms with Gasteiger partial charge >= 0.3 is 6.18 Å². The molecule has 0 radical (unpaired) electrons. The highest BCUT2D eigenvalue weighted by Crippen LogP contribution is 2.21. The van der Waals surface area contributed by atoms with E-state index in [0.29, 0.717) is 19.5 Å². The second-order valence-electron chi connectivity index (χ2n) is 4.03. The smallest absolute Gasteiger partial charge is 0.303 e. The van der Waals surface area contributed by atoms with Crippen molar-refractivity contribution in [3.8, 4) is 0 Å². The molecule has 1 saturated heterocycles. The van der Waals surface area contributed by atoms with Crippen molar-refractivity contribution in [1.82, 2.24) is 4.90 Å². The third-order valence-electron chi connectivity index (χ3n) is 2.77. The van der Waals surface area contributed by atoms with E-state index in [4.69, 9.17) is 0 Å². The van der Waals surface area contributed by atoms with Gasteiger partial charge < -0.3 is 9.69 Å². The van der Waals surface area contributed by atoms with Crippen molar-refractivity contribution in [2.45, 2.75) is 31.9 Å². The van der Waals surface area contributed by atoms with Crippen LogP contribution in [0.15, 0.2) is 0 Å². The first kappa shape index (κ1) is 12.5. The molecule has 0 saturated carbocycles. The molecule has 0 amide bonds. The summed E-state index contributed by atoms with van der Waals surface area (Å²) in [4.78, 5) is 12.3. The van der Waals surface area contributed by atoms with Gasteiger partial charge in [-0.3, -0.25) is 0 Å². The lowest BCUT2D eigenvalue weighted by Crippen LogP contribution is -2.29. The Balaban J connectivity index is 2.28. The first-order valence-corrected chi connectivity index (χ1v) is 5.25. The van der Waals surface area contributed by atoms with Crippen molar-refractivity contribution in [2.24, 2.45) is 5.92 Å². The molecule has 2 nitrogen and oxygen atoms in total. The maximum atomic E-state index is 12.0. The van der Waals surface area contributed by atoms with E-state index in [1.54, 1.807) is 4.90 Å². The van der Waals surface area contributed by atoms with Gasteiger partial charge in [0, 0.05) is 12.5 Å². The van der Waals surface area contributed by atoms with Crippen LogP contribution < -0.4 is 0 Å². The van der Waals surface area contributed by atoms with Gasteiger partial charge in [0.05, 0.1) is 6.42 Å². The van der Waals surface area contributed by atoms with E-state index in [-0.39, 0.29) is 12.5 Å². The van der Waals surface area contributed by atoms with E-state index in [2.05, 4.69) is 0 Å². The molecule has 0 aromatic heterocycles. The average Bonchev–Trinajstić information content (AvgIpc) is 2.38. The summed E-state index contributed by atoms with van der Waals surface area (Å²) in [5.74, 6) is 0.0425. The molecule has 1 aliphatic rings. The summed E-state index contributed by atoms with van der Waals surface area (Å²) in [6.45, 7) is 1.36. The summed E-state index contributed by atoms with van der Waals surface area (Å²) >= 11 is 0. The minimum atomic E-state index is -4.07. The summed E-state index contributed by atoms with van der Waals surface area (Å²) in [7, 11) is 0. The molecular formula is C10H16F3NO. The number of hydrogen-bond acceptors (Lipinski definition) is 2. The quantitative estimate of drug-likeness (QED) is 0.684. The Kier molecular flexibility index (Phi) is 4.57. The van der Waals surface area contributed by atoms with Crippen molar-refractivity contribution in [3.63, 3.8) is 0 Å². The Labute approximate surface area is 87.4 Å². The molecule has 1 heterocycles. The largest absolute Gasteiger partial charge is 0.390 e. The van der Waals surface area contributed by atoms with Crippen LogP contribution in [0.2, 0.25) is 0 Å². The highest BCUT2D eigenvalue weighted by Gasteiger charge is 2.28. The Hall–Kier alpha value is -0.580. The standard InChI is InChI=1S/C10H16F3NO/c11-10(12,13)4-7-14-5-1-2-9(8-15)3-6-14/h8-9H,1-7H2. The van der Waals surface area contributed by atoms with Crippen molar-refractivity contribution < 1.29 is 18.0 Å². The minimum Gasteiger partial charge on any atom is -0.303 e. The molecule has 1 rings (SSSR count). The molecule has 15 heavy (non-hydrogen) atoms. The van der Waals surface area contributed by atoms with Crippen molar-refractivity contribution in [2.75, 3.05) is 19.6 Å². The second kappa shape index (κ2) is 5.49. The minimum absolute atomic E-state index is 0.0425. The Morgan fingerprint density at radius 3 is 2.60 bits per heavy atom. The highest BCUT2D eigenvalue weighted by molar-refractivity contribution is 5.53. The Morgan fingerprint density at radius 1 is 1.27 bits per heavy atom. The predicted molar refractivity (Wildman–Crippen MR) is 50.5 cm³/mol. The number of likely N-dealkylation sites (tertiary alicyclic amines) is 1. The number of nitrogens with zero attached hydrogens (tertiary/aromatic N) is 1. The first-order chi connectivity index (χ1) is 7.01. The summed E-state index contributed by atoms with van der Waals surface area (Å²) in [5.41, 5.74) is 0. The lowest BCUT2D eigenvalue weighted by Gasteiger charge is -2.20. The molecule has 88 valence electrons. The molecule has 0 aromatic carbocycles. The van der Waals surface area contributed by atoms with Gasteiger partial charge in [0.1, 0.15) is 6.29 Å². The SMILES string of the molecule is O=CC1CCCN(CCC(F)(F)F)CC1. The number of carbonyl (C=O) groups is 1. The van der Waals surface area contributed by atoms with Crippen LogP contribution in [0.1, 0.15) is 25.7 Å². The molecule has 5 heteroatoms. The van der Waals surface area contributed by atoms with E-state index in [1.807, 2.05) is 0 Å². The first-order valence-electron chi connectivity index (χ1n) is 5.25. The van der Waals surface area contributed by atoms with Crippen LogP contribution in [0, 0.1) is 5.92 Å². The maximum absolute atomic E-state index is 12.0. The number of hydrogen-bond donors (Lipinski definition) is 0. The van der Waals surface area contributed by atoms with Crippen LogP contribution in [0.4, 0.5) is 13.2 Å². The zero-order valence-electron chi connectivity index (χ0n) is 8.59. The van der Waals surface area contributed by atoms with Gasteiger partial charge in [0.15, 0.2) is 0 Å². The third kappa shape index (κ3) is 5.16. The van der Waals surface area contributed by atoms with Crippen LogP contribution in [-0.2, 0) is 4.79 Å². The Morgan fingerprint density at radius 2 is 2.00 bits per heavy atom. The van der Waals surface area contributed by atoms with E-state index in [0.717, 1.165) is 19.1 Å². The molecule has 0 spiro atoms. The van der Waals surface area contributed by atoms with Gasteiger partial charge in [0.25, 0.3) is 0 Å². The van der Waals surface area contributed by atoms with Crippen molar-refractivity contribution in [3.05, 3.63) is 0 Å². The zero-order chi connectivity index (χ0) is 11.3. The fourth-order valence-electron chi connectivity index (χ4n) is 1.83. The average molecular weight is 223 g/mol. The number of alkyl halides is 3. The van der Waals surface area contributed by atoms with Crippen molar-refractivity contribution >= 4 is 6.29 Å². The van der Waals surface area contributed by atoms with Gasteiger partial charge in [-0.25, -0.2) is 0 Å². The zero-order valence-corrected chi connectivity index (χ0v) is 8.59. The molecule has 0 aromatic rings. The number of rotatable bonds is 3. The van der Waals surface area contributed by atoms with Crippen LogP contribution >= 0.6 is 0 Å². The van der Waals surface area contributed by atoms with E-state index < -0.39 is 12.6 Å². The summed E-state index contributed by atoms with van der Waals surface area (Å²) < 4.78 is 35.9. The van der Waals surface area contributed by atoms with Gasteiger partial charge in [-0.15, -0.1) is 0 Å².